The van der Waals surface area contributed by atoms with Crippen molar-refractivity contribution < 1.29 is 13.9 Å². The number of ether oxygens (including phenoxy) is 1. The standard InChI is InChI=1S/C13H11Cl2FN2O2S/c1-20-11(19)3-2-7-6-21-13(17-7)18-8-4-9(14)12(16)10(15)5-8/h4-6H,2-3H2,1H3,(H,17,18). The van der Waals surface area contributed by atoms with E-state index in [0.29, 0.717) is 17.2 Å². The number of aryl methyl sites for hydroxylation is 1. The summed E-state index contributed by atoms with van der Waals surface area (Å²) in [6, 6.07) is 2.86. The van der Waals surface area contributed by atoms with Crippen molar-refractivity contribution in [3.05, 3.63) is 39.1 Å². The van der Waals surface area contributed by atoms with Gasteiger partial charge in [-0.3, -0.25) is 4.79 Å². The van der Waals surface area contributed by atoms with Gasteiger partial charge in [0.25, 0.3) is 0 Å². The first kappa shape index (κ1) is 16.0. The van der Waals surface area contributed by atoms with Crippen LogP contribution >= 0.6 is 34.5 Å². The first-order valence-corrected chi connectivity index (χ1v) is 7.56. The van der Waals surface area contributed by atoms with Crippen LogP contribution in [0.3, 0.4) is 0 Å². The highest BCUT2D eigenvalue weighted by molar-refractivity contribution is 7.13. The zero-order valence-electron chi connectivity index (χ0n) is 11.0. The third-order valence-corrected chi connectivity index (χ3v) is 3.96. The second-order valence-corrected chi connectivity index (χ2v) is 5.77. The van der Waals surface area contributed by atoms with E-state index in [4.69, 9.17) is 23.2 Å². The van der Waals surface area contributed by atoms with Gasteiger partial charge in [-0.2, -0.15) is 0 Å². The van der Waals surface area contributed by atoms with Gasteiger partial charge in [0.2, 0.25) is 0 Å². The van der Waals surface area contributed by atoms with Crippen molar-refractivity contribution in [2.45, 2.75) is 12.8 Å². The Balaban J connectivity index is 2.04. The van der Waals surface area contributed by atoms with Crippen LogP contribution in [0.5, 0.6) is 0 Å². The lowest BCUT2D eigenvalue weighted by Gasteiger charge is -2.05. The smallest absolute Gasteiger partial charge is 0.305 e. The molecule has 21 heavy (non-hydrogen) atoms. The summed E-state index contributed by atoms with van der Waals surface area (Å²) in [4.78, 5) is 15.4. The number of nitrogens with zero attached hydrogens (tertiary/aromatic N) is 1. The van der Waals surface area contributed by atoms with E-state index < -0.39 is 5.82 Å². The van der Waals surface area contributed by atoms with Gasteiger partial charge in [-0.25, -0.2) is 9.37 Å². The molecular formula is C13H11Cl2FN2O2S. The van der Waals surface area contributed by atoms with Gasteiger partial charge >= 0.3 is 5.97 Å². The highest BCUT2D eigenvalue weighted by Gasteiger charge is 2.10. The molecule has 0 saturated carbocycles. The third kappa shape index (κ3) is 4.30. The summed E-state index contributed by atoms with van der Waals surface area (Å²) in [6.45, 7) is 0. The SMILES string of the molecule is COC(=O)CCc1csc(Nc2cc(Cl)c(F)c(Cl)c2)n1. The molecule has 1 heterocycles. The number of thiazole rings is 1. The maximum atomic E-state index is 13.3. The number of anilines is 2. The average molecular weight is 349 g/mol. The number of hydrogen-bond donors (Lipinski definition) is 1. The number of rotatable bonds is 5. The van der Waals surface area contributed by atoms with Crippen LogP contribution in [0, 0.1) is 5.82 Å². The van der Waals surface area contributed by atoms with Crippen LogP contribution in [0.15, 0.2) is 17.5 Å². The van der Waals surface area contributed by atoms with Gasteiger partial charge in [0.1, 0.15) is 0 Å². The van der Waals surface area contributed by atoms with E-state index in [-0.39, 0.29) is 22.4 Å². The highest BCUT2D eigenvalue weighted by Crippen LogP contribution is 2.30. The number of methoxy groups -OCH3 is 1. The monoisotopic (exact) mass is 348 g/mol. The Hall–Kier alpha value is -1.37. The predicted molar refractivity (Wildman–Crippen MR) is 82.2 cm³/mol. The average Bonchev–Trinajstić information content (AvgIpc) is 2.89. The predicted octanol–water partition coefficient (Wildman–Crippen LogP) is 4.44. The van der Waals surface area contributed by atoms with Gasteiger partial charge in [0, 0.05) is 17.5 Å². The molecule has 0 unspecified atom stereocenters. The molecule has 0 amide bonds. The summed E-state index contributed by atoms with van der Waals surface area (Å²) < 4.78 is 17.9. The Morgan fingerprint density at radius 2 is 2.10 bits per heavy atom. The van der Waals surface area contributed by atoms with Gasteiger partial charge in [0.05, 0.1) is 29.3 Å². The molecule has 8 heteroatoms. The quantitative estimate of drug-likeness (QED) is 0.641. The molecule has 4 nitrogen and oxygen atoms in total. The minimum absolute atomic E-state index is 0.0625. The van der Waals surface area contributed by atoms with Gasteiger partial charge in [-0.1, -0.05) is 23.2 Å². The fraction of sp³-hybridized carbons (Fsp3) is 0.231. The normalized spacial score (nSPS) is 10.5. The molecule has 0 fully saturated rings. The number of halogens is 3. The molecular weight excluding hydrogens is 338 g/mol. The lowest BCUT2D eigenvalue weighted by molar-refractivity contribution is -0.140. The Kier molecular flexibility index (Phi) is 5.39. The summed E-state index contributed by atoms with van der Waals surface area (Å²) >= 11 is 12.8. The van der Waals surface area contributed by atoms with Crippen molar-refractivity contribution in [3.63, 3.8) is 0 Å². The molecule has 0 aliphatic heterocycles. The Bertz CT molecular complexity index is 640. The fourth-order valence-corrected chi connectivity index (χ4v) is 2.81. The van der Waals surface area contributed by atoms with Crippen LogP contribution in [0.4, 0.5) is 15.2 Å². The number of benzene rings is 1. The van der Waals surface area contributed by atoms with Crippen LogP contribution in [-0.2, 0) is 16.0 Å². The molecule has 0 atom stereocenters. The first-order chi connectivity index (χ1) is 9.99. The molecule has 1 N–H and O–H groups in total. The number of esters is 1. The van der Waals surface area contributed by atoms with E-state index in [1.165, 1.54) is 30.6 Å². The molecule has 112 valence electrons. The van der Waals surface area contributed by atoms with Crippen molar-refractivity contribution in [1.82, 2.24) is 4.98 Å². The molecule has 0 spiro atoms. The summed E-state index contributed by atoms with van der Waals surface area (Å²) in [5, 5.41) is 5.30. The summed E-state index contributed by atoms with van der Waals surface area (Å²) in [6.07, 6.45) is 0.768. The van der Waals surface area contributed by atoms with E-state index >= 15 is 0 Å². The molecule has 1 aromatic carbocycles. The Labute approximate surface area is 134 Å². The van der Waals surface area contributed by atoms with Crippen LogP contribution in [0.1, 0.15) is 12.1 Å². The third-order valence-electron chi connectivity index (χ3n) is 2.60. The molecule has 0 aliphatic rings. The zero-order valence-corrected chi connectivity index (χ0v) is 13.3. The molecule has 2 rings (SSSR count). The van der Waals surface area contributed by atoms with Gasteiger partial charge in [0.15, 0.2) is 10.9 Å². The lowest BCUT2D eigenvalue weighted by atomic mass is 10.2. The van der Waals surface area contributed by atoms with Gasteiger partial charge in [-0.05, 0) is 12.1 Å². The number of carbonyl (C=O) groups excluding carboxylic acids is 1. The summed E-state index contributed by atoms with van der Waals surface area (Å²) in [5.74, 6) is -0.934. The van der Waals surface area contributed by atoms with Crippen LogP contribution in [0.25, 0.3) is 0 Å². The number of hydrogen-bond acceptors (Lipinski definition) is 5. The molecule has 0 aliphatic carbocycles. The molecule has 0 radical (unpaired) electrons. The van der Waals surface area contributed by atoms with Crippen LogP contribution in [0.2, 0.25) is 10.0 Å². The topological polar surface area (TPSA) is 51.2 Å². The molecule has 2 aromatic rings. The Morgan fingerprint density at radius 3 is 2.71 bits per heavy atom. The summed E-state index contributed by atoms with van der Waals surface area (Å²) in [5.41, 5.74) is 1.31. The minimum atomic E-state index is -0.651. The minimum Gasteiger partial charge on any atom is -0.469 e. The van der Waals surface area contributed by atoms with E-state index in [1.807, 2.05) is 5.38 Å². The van der Waals surface area contributed by atoms with Crippen LogP contribution in [-0.4, -0.2) is 18.1 Å². The van der Waals surface area contributed by atoms with E-state index in [2.05, 4.69) is 15.0 Å². The maximum absolute atomic E-state index is 13.3. The molecule has 1 aromatic heterocycles. The van der Waals surface area contributed by atoms with Crippen molar-refractivity contribution >= 4 is 51.3 Å². The van der Waals surface area contributed by atoms with Crippen molar-refractivity contribution in [2.24, 2.45) is 0 Å². The van der Waals surface area contributed by atoms with E-state index in [1.54, 1.807) is 0 Å². The molecule has 0 bridgehead atoms. The van der Waals surface area contributed by atoms with Crippen LogP contribution < -0.4 is 5.32 Å². The lowest BCUT2D eigenvalue weighted by Crippen LogP contribution is -2.02. The first-order valence-electron chi connectivity index (χ1n) is 5.92. The second-order valence-electron chi connectivity index (χ2n) is 4.10. The Morgan fingerprint density at radius 1 is 1.43 bits per heavy atom. The number of aromatic nitrogens is 1. The van der Waals surface area contributed by atoms with Gasteiger partial charge < -0.3 is 10.1 Å². The number of nitrogens with one attached hydrogen (secondary N) is 1. The van der Waals surface area contributed by atoms with Crippen molar-refractivity contribution in [3.8, 4) is 0 Å². The summed E-state index contributed by atoms with van der Waals surface area (Å²) in [7, 11) is 1.35. The van der Waals surface area contributed by atoms with Gasteiger partial charge in [-0.15, -0.1) is 11.3 Å². The largest absolute Gasteiger partial charge is 0.469 e. The highest BCUT2D eigenvalue weighted by atomic mass is 35.5. The van der Waals surface area contributed by atoms with E-state index in [0.717, 1.165) is 5.69 Å². The van der Waals surface area contributed by atoms with E-state index in [9.17, 15) is 9.18 Å². The van der Waals surface area contributed by atoms with Crippen molar-refractivity contribution in [2.75, 3.05) is 12.4 Å². The number of carbonyl (C=O) groups is 1. The second kappa shape index (κ2) is 7.06. The van der Waals surface area contributed by atoms with Crippen molar-refractivity contribution in [1.29, 1.82) is 0 Å². The maximum Gasteiger partial charge on any atom is 0.305 e. The molecule has 0 saturated heterocycles. The zero-order chi connectivity index (χ0) is 15.4. The fourth-order valence-electron chi connectivity index (χ4n) is 1.56.